The van der Waals surface area contributed by atoms with Crippen LogP contribution < -0.4 is 11.3 Å². The van der Waals surface area contributed by atoms with Crippen molar-refractivity contribution in [3.8, 4) is 0 Å². The summed E-state index contributed by atoms with van der Waals surface area (Å²) < 4.78 is 8.61. The van der Waals surface area contributed by atoms with E-state index in [1.165, 1.54) is 11.8 Å². The Balaban J connectivity index is 1.63. The summed E-state index contributed by atoms with van der Waals surface area (Å²) in [5, 5.41) is 1.31. The molecule has 7 heteroatoms. The molecule has 138 valence electrons. The largest absolute Gasteiger partial charge is 0.419 e. The first kappa shape index (κ1) is 17.6. The van der Waals surface area contributed by atoms with Gasteiger partial charge in [-0.25, -0.2) is 9.78 Å². The van der Waals surface area contributed by atoms with E-state index in [-0.39, 0.29) is 11.3 Å². The molecule has 4 aromatic rings. The SMILES string of the molecule is CCCn1c(SCCn2c(=O)oc3ccccc32)nc2ccccc2c1=O. The van der Waals surface area contributed by atoms with E-state index in [9.17, 15) is 9.59 Å². The second kappa shape index (κ2) is 7.44. The number of nitrogens with zero attached hydrogens (tertiary/aromatic N) is 3. The van der Waals surface area contributed by atoms with Crippen LogP contribution >= 0.6 is 11.8 Å². The lowest BCUT2D eigenvalue weighted by molar-refractivity contribution is 0.514. The molecule has 0 unspecified atom stereocenters. The molecule has 4 rings (SSSR count). The van der Waals surface area contributed by atoms with Crippen molar-refractivity contribution in [3.63, 3.8) is 0 Å². The predicted molar refractivity (Wildman–Crippen MR) is 107 cm³/mol. The molecule has 0 aliphatic rings. The van der Waals surface area contributed by atoms with Crippen molar-refractivity contribution in [1.82, 2.24) is 14.1 Å². The zero-order chi connectivity index (χ0) is 18.8. The van der Waals surface area contributed by atoms with Gasteiger partial charge in [-0.1, -0.05) is 43.0 Å². The van der Waals surface area contributed by atoms with Crippen molar-refractivity contribution in [3.05, 3.63) is 69.4 Å². The molecular formula is C20H19N3O3S. The zero-order valence-corrected chi connectivity index (χ0v) is 15.7. The van der Waals surface area contributed by atoms with Crippen LogP contribution in [-0.2, 0) is 13.1 Å². The molecule has 27 heavy (non-hydrogen) atoms. The molecule has 2 heterocycles. The van der Waals surface area contributed by atoms with Gasteiger partial charge in [-0.15, -0.1) is 0 Å². The molecule has 0 aliphatic carbocycles. The number of hydrogen-bond acceptors (Lipinski definition) is 5. The fraction of sp³-hybridized carbons (Fsp3) is 0.250. The summed E-state index contributed by atoms with van der Waals surface area (Å²) >= 11 is 1.48. The van der Waals surface area contributed by atoms with Gasteiger partial charge in [-0.3, -0.25) is 13.9 Å². The minimum absolute atomic E-state index is 0.0177. The van der Waals surface area contributed by atoms with Crippen LogP contribution in [0.3, 0.4) is 0 Å². The van der Waals surface area contributed by atoms with E-state index in [2.05, 4.69) is 4.98 Å². The number of aromatic nitrogens is 3. The van der Waals surface area contributed by atoms with Gasteiger partial charge in [0, 0.05) is 18.8 Å². The van der Waals surface area contributed by atoms with Crippen LogP contribution in [0, 0.1) is 0 Å². The first-order valence-electron chi connectivity index (χ1n) is 8.90. The Bertz CT molecular complexity index is 1220. The number of fused-ring (bicyclic) bond motifs is 2. The van der Waals surface area contributed by atoms with Gasteiger partial charge in [0.15, 0.2) is 10.7 Å². The lowest BCUT2D eigenvalue weighted by atomic mass is 10.2. The van der Waals surface area contributed by atoms with Crippen molar-refractivity contribution >= 4 is 33.8 Å². The lowest BCUT2D eigenvalue weighted by Crippen LogP contribution is -2.23. The van der Waals surface area contributed by atoms with Crippen molar-refractivity contribution in [1.29, 1.82) is 0 Å². The number of para-hydroxylation sites is 3. The third-order valence-corrected chi connectivity index (χ3v) is 5.35. The highest BCUT2D eigenvalue weighted by molar-refractivity contribution is 7.99. The molecule has 0 saturated carbocycles. The molecule has 0 saturated heterocycles. The summed E-state index contributed by atoms with van der Waals surface area (Å²) in [5.41, 5.74) is 2.04. The van der Waals surface area contributed by atoms with E-state index in [0.29, 0.717) is 40.5 Å². The topological polar surface area (TPSA) is 70.0 Å². The maximum absolute atomic E-state index is 12.8. The quantitative estimate of drug-likeness (QED) is 0.378. The van der Waals surface area contributed by atoms with Crippen LogP contribution in [-0.4, -0.2) is 19.9 Å². The second-order valence-corrected chi connectivity index (χ2v) is 7.27. The van der Waals surface area contributed by atoms with Gasteiger partial charge in [0.25, 0.3) is 5.56 Å². The molecule has 2 aromatic carbocycles. The summed E-state index contributed by atoms with van der Waals surface area (Å²) in [6.07, 6.45) is 0.847. The van der Waals surface area contributed by atoms with Gasteiger partial charge >= 0.3 is 5.76 Å². The molecule has 0 aliphatic heterocycles. The first-order chi connectivity index (χ1) is 13.2. The predicted octanol–water partition coefficient (Wildman–Crippen LogP) is 3.51. The number of oxazole rings is 1. The van der Waals surface area contributed by atoms with Gasteiger partial charge in [0.1, 0.15) is 0 Å². The molecule has 0 amide bonds. The highest BCUT2D eigenvalue weighted by Crippen LogP contribution is 2.19. The molecule has 2 aromatic heterocycles. The second-order valence-electron chi connectivity index (χ2n) is 6.20. The van der Waals surface area contributed by atoms with Gasteiger partial charge in [0.05, 0.1) is 16.4 Å². The van der Waals surface area contributed by atoms with E-state index in [0.717, 1.165) is 11.9 Å². The van der Waals surface area contributed by atoms with Gasteiger partial charge in [-0.05, 0) is 30.7 Å². The van der Waals surface area contributed by atoms with Crippen LogP contribution in [0.1, 0.15) is 13.3 Å². The number of benzene rings is 2. The van der Waals surface area contributed by atoms with Crippen LogP contribution in [0.4, 0.5) is 0 Å². The van der Waals surface area contributed by atoms with Gasteiger partial charge in [0.2, 0.25) is 0 Å². The first-order valence-corrected chi connectivity index (χ1v) is 9.88. The number of aryl methyl sites for hydroxylation is 1. The summed E-state index contributed by atoms with van der Waals surface area (Å²) in [5.74, 6) is 0.243. The Morgan fingerprint density at radius 3 is 2.63 bits per heavy atom. The molecule has 0 N–H and O–H groups in total. The third-order valence-electron chi connectivity index (χ3n) is 4.39. The summed E-state index contributed by atoms with van der Waals surface area (Å²) in [7, 11) is 0. The molecule has 6 nitrogen and oxygen atoms in total. The zero-order valence-electron chi connectivity index (χ0n) is 14.9. The molecule has 0 bridgehead atoms. The lowest BCUT2D eigenvalue weighted by Gasteiger charge is -2.12. The van der Waals surface area contributed by atoms with Gasteiger partial charge < -0.3 is 4.42 Å². The summed E-state index contributed by atoms with van der Waals surface area (Å²) in [6.45, 7) is 3.14. The average molecular weight is 381 g/mol. The van der Waals surface area contributed by atoms with Crippen LogP contribution in [0.5, 0.6) is 0 Å². The number of rotatable bonds is 6. The van der Waals surface area contributed by atoms with Crippen LogP contribution in [0.2, 0.25) is 0 Å². The highest BCUT2D eigenvalue weighted by atomic mass is 32.2. The van der Waals surface area contributed by atoms with Crippen LogP contribution in [0.15, 0.2) is 67.7 Å². The van der Waals surface area contributed by atoms with Crippen molar-refractivity contribution in [2.24, 2.45) is 0 Å². The number of hydrogen-bond donors (Lipinski definition) is 0. The maximum atomic E-state index is 12.8. The minimum atomic E-state index is -0.366. The molecule has 0 fully saturated rings. The average Bonchev–Trinajstić information content (AvgIpc) is 3.00. The number of thioether (sulfide) groups is 1. The standard InChI is InChI=1S/C20H19N3O3S/c1-2-11-23-18(24)14-7-3-4-8-15(14)21-19(23)27-13-12-22-16-9-5-6-10-17(16)26-20(22)25/h3-10H,2,11-13H2,1H3. The highest BCUT2D eigenvalue weighted by Gasteiger charge is 2.12. The Kier molecular flexibility index (Phi) is 4.85. The smallest absolute Gasteiger partial charge is 0.408 e. The van der Waals surface area contributed by atoms with Gasteiger partial charge in [-0.2, -0.15) is 0 Å². The fourth-order valence-electron chi connectivity index (χ4n) is 3.13. The Morgan fingerprint density at radius 2 is 1.78 bits per heavy atom. The van der Waals surface area contributed by atoms with E-state index in [4.69, 9.17) is 4.42 Å². The molecule has 0 radical (unpaired) electrons. The normalized spacial score (nSPS) is 11.4. The molecular weight excluding hydrogens is 362 g/mol. The van der Waals surface area contributed by atoms with E-state index >= 15 is 0 Å². The van der Waals surface area contributed by atoms with Crippen molar-refractivity contribution in [2.75, 3.05) is 5.75 Å². The van der Waals surface area contributed by atoms with E-state index in [1.807, 2.05) is 49.4 Å². The van der Waals surface area contributed by atoms with E-state index in [1.54, 1.807) is 15.2 Å². The van der Waals surface area contributed by atoms with Crippen molar-refractivity contribution in [2.45, 2.75) is 31.6 Å². The summed E-state index contributed by atoms with van der Waals surface area (Å²) in [4.78, 5) is 29.6. The Hall–Kier alpha value is -2.80. The Labute approximate surface area is 159 Å². The molecule has 0 atom stereocenters. The molecule has 0 spiro atoms. The maximum Gasteiger partial charge on any atom is 0.419 e. The minimum Gasteiger partial charge on any atom is -0.408 e. The van der Waals surface area contributed by atoms with E-state index < -0.39 is 0 Å². The monoisotopic (exact) mass is 381 g/mol. The van der Waals surface area contributed by atoms with Crippen LogP contribution in [0.25, 0.3) is 22.0 Å². The summed E-state index contributed by atoms with van der Waals surface area (Å²) in [6, 6.07) is 14.8. The third kappa shape index (κ3) is 3.30. The Morgan fingerprint density at radius 1 is 1.00 bits per heavy atom. The van der Waals surface area contributed by atoms with Crippen molar-refractivity contribution < 1.29 is 4.42 Å². The fourth-order valence-corrected chi connectivity index (χ4v) is 4.08.